The van der Waals surface area contributed by atoms with E-state index in [-0.39, 0.29) is 6.71 Å². The number of nitriles is 2. The Hall–Kier alpha value is -8.26. The summed E-state index contributed by atoms with van der Waals surface area (Å²) in [7, 11) is 0. The van der Waals surface area contributed by atoms with Gasteiger partial charge in [-0.3, -0.25) is 0 Å². The zero-order valence-corrected chi connectivity index (χ0v) is 31.3. The van der Waals surface area contributed by atoms with E-state index in [1.165, 1.54) is 0 Å². The number of furan rings is 2. The van der Waals surface area contributed by atoms with Gasteiger partial charge < -0.3 is 18.6 Å². The lowest BCUT2D eigenvalue weighted by molar-refractivity contribution is 0.669. The lowest BCUT2D eigenvalue weighted by Crippen LogP contribution is -2.61. The third-order valence-electron chi connectivity index (χ3n) is 12.5. The largest absolute Gasteiger partial charge is 0.456 e. The van der Waals surface area contributed by atoms with Crippen LogP contribution in [-0.2, 0) is 0 Å². The maximum atomic E-state index is 9.79. The number of benzene rings is 9. The molecule has 13 rings (SSSR count). The van der Waals surface area contributed by atoms with Crippen molar-refractivity contribution in [1.82, 2.24) is 0 Å². The van der Waals surface area contributed by atoms with E-state index in [4.69, 9.17) is 8.83 Å². The standard InChI is InChI=1S/C52H27BN4O2/c54-28-30-12-18-34(19-13-30)56-42-10-5-11-43-52(42)53(41-26-48-39(25-44(41)56)51-37-9-4-2-7-33(37)17-23-47(51)58-48)40-24-38-49(27-45(40)57(43)35-20-14-31(29-55)15-21-35)59-46-22-16-32-6-1-3-8-36(32)50(38)46/h1-27H. The third-order valence-corrected chi connectivity index (χ3v) is 12.5. The minimum atomic E-state index is -0.186. The lowest BCUT2D eigenvalue weighted by Gasteiger charge is -2.44. The molecule has 0 N–H and O–H groups in total. The molecule has 59 heavy (non-hydrogen) atoms. The normalized spacial score (nSPS) is 12.9. The predicted octanol–water partition coefficient (Wildman–Crippen LogP) is 11.6. The minimum Gasteiger partial charge on any atom is -0.456 e. The van der Waals surface area contributed by atoms with Gasteiger partial charge in [-0.15, -0.1) is 0 Å². The van der Waals surface area contributed by atoms with E-state index in [1.54, 1.807) is 0 Å². The van der Waals surface area contributed by atoms with Gasteiger partial charge in [-0.2, -0.15) is 10.5 Å². The van der Waals surface area contributed by atoms with Crippen LogP contribution < -0.4 is 26.2 Å². The van der Waals surface area contributed by atoms with Crippen LogP contribution in [0.2, 0.25) is 0 Å². The molecule has 11 aromatic rings. The van der Waals surface area contributed by atoms with Gasteiger partial charge in [-0.25, -0.2) is 0 Å². The molecule has 2 aliphatic heterocycles. The van der Waals surface area contributed by atoms with E-state index in [1.807, 2.05) is 48.5 Å². The van der Waals surface area contributed by atoms with E-state index in [2.05, 4.69) is 137 Å². The van der Waals surface area contributed by atoms with Gasteiger partial charge in [0.15, 0.2) is 0 Å². The second-order valence-electron chi connectivity index (χ2n) is 15.5. The smallest absolute Gasteiger partial charge is 0.252 e. The first-order chi connectivity index (χ1) is 29.1. The molecule has 6 nitrogen and oxygen atoms in total. The topological polar surface area (TPSA) is 80.3 Å². The van der Waals surface area contributed by atoms with Gasteiger partial charge in [-0.05, 0) is 123 Å². The summed E-state index contributed by atoms with van der Waals surface area (Å²) >= 11 is 0. The first-order valence-corrected chi connectivity index (χ1v) is 19.6. The zero-order valence-electron chi connectivity index (χ0n) is 31.3. The van der Waals surface area contributed by atoms with E-state index in [0.717, 1.165) is 116 Å². The highest BCUT2D eigenvalue weighted by molar-refractivity contribution is 7.00. The molecule has 0 fully saturated rings. The molecule has 0 amide bonds. The Kier molecular flexibility index (Phi) is 6.30. The van der Waals surface area contributed by atoms with Crippen molar-refractivity contribution < 1.29 is 8.83 Å². The molecule has 9 aromatic carbocycles. The van der Waals surface area contributed by atoms with Crippen LogP contribution in [0.15, 0.2) is 173 Å². The van der Waals surface area contributed by atoms with Gasteiger partial charge in [0.25, 0.3) is 6.71 Å². The van der Waals surface area contributed by atoms with Crippen LogP contribution in [0.5, 0.6) is 0 Å². The average molecular weight is 751 g/mol. The predicted molar refractivity (Wildman–Crippen MR) is 239 cm³/mol. The van der Waals surface area contributed by atoms with E-state index in [9.17, 15) is 10.5 Å². The van der Waals surface area contributed by atoms with Crippen LogP contribution in [0, 0.1) is 22.7 Å². The maximum Gasteiger partial charge on any atom is 0.252 e. The van der Waals surface area contributed by atoms with Gasteiger partial charge in [0.1, 0.15) is 22.3 Å². The quantitative estimate of drug-likeness (QED) is 0.164. The Balaban J connectivity index is 1.17. The monoisotopic (exact) mass is 750 g/mol. The van der Waals surface area contributed by atoms with Crippen molar-refractivity contribution in [2.75, 3.05) is 9.80 Å². The van der Waals surface area contributed by atoms with Crippen LogP contribution in [0.3, 0.4) is 0 Å². The fourth-order valence-electron chi connectivity index (χ4n) is 9.94. The van der Waals surface area contributed by atoms with Crippen LogP contribution >= 0.6 is 0 Å². The highest BCUT2D eigenvalue weighted by Gasteiger charge is 2.44. The van der Waals surface area contributed by atoms with E-state index in [0.29, 0.717) is 11.1 Å². The summed E-state index contributed by atoms with van der Waals surface area (Å²) in [5.41, 5.74) is 14.0. The second kappa shape index (κ2) is 11.6. The van der Waals surface area contributed by atoms with Gasteiger partial charge in [0.2, 0.25) is 0 Å². The van der Waals surface area contributed by atoms with E-state index < -0.39 is 0 Å². The minimum absolute atomic E-state index is 0.186. The first kappa shape index (κ1) is 31.9. The fraction of sp³-hybridized carbons (Fsp3) is 0. The second-order valence-corrected chi connectivity index (χ2v) is 15.5. The molecule has 0 spiro atoms. The molecule has 0 saturated heterocycles. The molecule has 2 aromatic heterocycles. The van der Waals surface area contributed by atoms with E-state index >= 15 is 0 Å². The number of anilines is 6. The highest BCUT2D eigenvalue weighted by atomic mass is 16.3. The van der Waals surface area contributed by atoms with Crippen LogP contribution in [-0.4, -0.2) is 6.71 Å². The molecular formula is C52H27BN4O2. The van der Waals surface area contributed by atoms with Gasteiger partial charge >= 0.3 is 0 Å². The number of rotatable bonds is 2. The number of hydrogen-bond donors (Lipinski definition) is 0. The van der Waals surface area contributed by atoms with Gasteiger partial charge in [0.05, 0.1) is 23.3 Å². The summed E-state index contributed by atoms with van der Waals surface area (Å²) in [6, 6.07) is 61.3. The fourth-order valence-corrected chi connectivity index (χ4v) is 9.94. The Labute approximate surface area is 337 Å². The molecule has 0 unspecified atom stereocenters. The van der Waals surface area contributed by atoms with Gasteiger partial charge in [0, 0.05) is 61.7 Å². The number of nitrogens with zero attached hydrogens (tertiary/aromatic N) is 4. The third kappa shape index (κ3) is 4.33. The molecule has 270 valence electrons. The van der Waals surface area contributed by atoms with Crippen molar-refractivity contribution in [2.45, 2.75) is 0 Å². The zero-order chi connectivity index (χ0) is 38.9. The van der Waals surface area contributed by atoms with Crippen LogP contribution in [0.25, 0.3) is 65.4 Å². The molecule has 0 radical (unpaired) electrons. The van der Waals surface area contributed by atoms with Gasteiger partial charge in [-0.1, -0.05) is 72.8 Å². The Bertz CT molecular complexity index is 3720. The molecule has 4 heterocycles. The van der Waals surface area contributed by atoms with Crippen LogP contribution in [0.1, 0.15) is 11.1 Å². The summed E-state index contributed by atoms with van der Waals surface area (Å²) in [5.74, 6) is 0. The first-order valence-electron chi connectivity index (χ1n) is 19.6. The maximum absolute atomic E-state index is 9.79. The highest BCUT2D eigenvalue weighted by Crippen LogP contribution is 2.47. The summed E-state index contributed by atoms with van der Waals surface area (Å²) in [6.45, 7) is -0.186. The summed E-state index contributed by atoms with van der Waals surface area (Å²) in [6.07, 6.45) is 0. The molecular weight excluding hydrogens is 723 g/mol. The van der Waals surface area contributed by atoms with Crippen molar-refractivity contribution in [3.63, 3.8) is 0 Å². The lowest BCUT2D eigenvalue weighted by atomic mass is 9.33. The molecule has 0 atom stereocenters. The van der Waals surface area contributed by atoms with Crippen LogP contribution in [0.4, 0.5) is 34.1 Å². The van der Waals surface area contributed by atoms with Crippen molar-refractivity contribution >= 4 is 123 Å². The van der Waals surface area contributed by atoms with Crippen molar-refractivity contribution in [2.24, 2.45) is 0 Å². The summed E-state index contributed by atoms with van der Waals surface area (Å²) < 4.78 is 13.5. The Morgan fingerprint density at radius 3 is 1.46 bits per heavy atom. The summed E-state index contributed by atoms with van der Waals surface area (Å²) in [5, 5.41) is 28.5. The Morgan fingerprint density at radius 1 is 0.407 bits per heavy atom. The molecule has 7 heteroatoms. The SMILES string of the molecule is N#Cc1ccc(N2c3cc4oc5ccc6ccccc6c5c4cc3B3c4cc5oc6ccc7ccccc7c6c5cc4N(c4ccc(C#N)cc4)c4cccc2c43)cc1. The number of hydrogen-bond acceptors (Lipinski definition) is 6. The Morgan fingerprint density at radius 2 is 0.898 bits per heavy atom. The summed E-state index contributed by atoms with van der Waals surface area (Å²) in [4.78, 5) is 4.65. The average Bonchev–Trinajstić information content (AvgIpc) is 3.85. The molecule has 2 aliphatic rings. The molecule has 0 aliphatic carbocycles. The van der Waals surface area contributed by atoms with Crippen molar-refractivity contribution in [1.29, 1.82) is 10.5 Å². The molecule has 0 saturated carbocycles. The van der Waals surface area contributed by atoms with Crippen molar-refractivity contribution in [3.05, 3.63) is 175 Å². The number of fused-ring (bicyclic) bond motifs is 14. The van der Waals surface area contributed by atoms with Crippen molar-refractivity contribution in [3.8, 4) is 12.1 Å². The molecule has 0 bridgehead atoms.